The number of hydrogen-bond acceptors (Lipinski definition) is 3. The van der Waals surface area contributed by atoms with E-state index in [4.69, 9.17) is 0 Å². The molecule has 1 fully saturated rings. The molecule has 1 aliphatic heterocycles. The Morgan fingerprint density at radius 3 is 1.86 bits per heavy atom. The van der Waals surface area contributed by atoms with Gasteiger partial charge in [0.25, 0.3) is 0 Å². The van der Waals surface area contributed by atoms with Crippen LogP contribution >= 0.6 is 0 Å². The lowest BCUT2D eigenvalue weighted by molar-refractivity contribution is 0.634. The third-order valence-corrected chi connectivity index (χ3v) is 0.979. The van der Waals surface area contributed by atoms with E-state index in [1.807, 2.05) is 0 Å². The van der Waals surface area contributed by atoms with Crippen molar-refractivity contribution in [1.29, 1.82) is 0 Å². The van der Waals surface area contributed by atoms with Crippen molar-refractivity contribution in [3.8, 4) is 0 Å². The molecule has 0 aromatic rings. The Balaban J connectivity index is 2.04. The first-order chi connectivity index (χ1) is 3.50. The van der Waals surface area contributed by atoms with Crippen LogP contribution in [-0.4, -0.2) is 26.4 Å². The third-order valence-electron chi connectivity index (χ3n) is 0.979. The second-order valence-electron chi connectivity index (χ2n) is 1.60. The van der Waals surface area contributed by atoms with Gasteiger partial charge in [0.1, 0.15) is 0 Å². The summed E-state index contributed by atoms with van der Waals surface area (Å²) < 4.78 is 0. The van der Waals surface area contributed by atoms with Crippen molar-refractivity contribution < 1.29 is 0 Å². The van der Waals surface area contributed by atoms with Gasteiger partial charge in [0.05, 0.1) is 0 Å². The van der Waals surface area contributed by atoms with Crippen LogP contribution in [0.15, 0.2) is 0 Å². The van der Waals surface area contributed by atoms with Gasteiger partial charge >= 0.3 is 0 Å². The Morgan fingerprint density at radius 2 is 1.29 bits per heavy atom. The average molecular weight is 101 g/mol. The van der Waals surface area contributed by atoms with Gasteiger partial charge in [-0.25, -0.2) is 0 Å². The molecule has 1 rings (SSSR count). The molecule has 7 heavy (non-hydrogen) atoms. The first-order valence-electron chi connectivity index (χ1n) is 2.62. The number of nitrogens with one attached hydrogen (secondary N) is 3. The molecule has 0 unspecified atom stereocenters. The van der Waals surface area contributed by atoms with Gasteiger partial charge in [0.2, 0.25) is 0 Å². The fourth-order valence-electron chi connectivity index (χ4n) is 0.593. The van der Waals surface area contributed by atoms with Crippen molar-refractivity contribution in [2.75, 3.05) is 26.4 Å². The number of rotatable bonds is 0. The highest BCUT2D eigenvalue weighted by molar-refractivity contribution is 4.54. The molecule has 1 saturated heterocycles. The molecule has 42 valence electrons. The van der Waals surface area contributed by atoms with Crippen LogP contribution in [0.25, 0.3) is 0 Å². The molecule has 0 radical (unpaired) electrons. The van der Waals surface area contributed by atoms with Gasteiger partial charge in [-0.05, 0) is 0 Å². The van der Waals surface area contributed by atoms with Crippen LogP contribution in [0.1, 0.15) is 0 Å². The minimum atomic E-state index is 0.938. The predicted molar refractivity (Wildman–Crippen MR) is 28.9 cm³/mol. The largest absolute Gasteiger partial charge is 0.303 e. The molecule has 0 aliphatic carbocycles. The van der Waals surface area contributed by atoms with Crippen molar-refractivity contribution in [1.82, 2.24) is 16.0 Å². The quantitative estimate of drug-likeness (QED) is 0.354. The van der Waals surface area contributed by atoms with E-state index < -0.39 is 0 Å². The molecule has 0 amide bonds. The normalized spacial score (nSPS) is 24.0. The highest BCUT2D eigenvalue weighted by atomic mass is 15.2. The van der Waals surface area contributed by atoms with Crippen LogP contribution in [0.3, 0.4) is 0 Å². The van der Waals surface area contributed by atoms with Gasteiger partial charge < -0.3 is 10.6 Å². The zero-order chi connectivity index (χ0) is 4.95. The lowest BCUT2D eigenvalue weighted by Crippen LogP contribution is -2.28. The summed E-state index contributed by atoms with van der Waals surface area (Å²) in [7, 11) is 0. The van der Waals surface area contributed by atoms with Crippen molar-refractivity contribution in [2.45, 2.75) is 0 Å². The van der Waals surface area contributed by atoms with E-state index in [9.17, 15) is 0 Å². The van der Waals surface area contributed by atoms with Crippen LogP contribution in [-0.2, 0) is 0 Å². The van der Waals surface area contributed by atoms with E-state index in [-0.39, 0.29) is 0 Å². The van der Waals surface area contributed by atoms with Gasteiger partial charge in [-0.15, -0.1) is 0 Å². The monoisotopic (exact) mass is 101 g/mol. The van der Waals surface area contributed by atoms with Crippen LogP contribution in [0.2, 0.25) is 0 Å². The number of hydrogen-bond donors (Lipinski definition) is 3. The van der Waals surface area contributed by atoms with Crippen LogP contribution in [0, 0.1) is 0 Å². The summed E-state index contributed by atoms with van der Waals surface area (Å²) in [5.74, 6) is 0. The van der Waals surface area contributed by atoms with Crippen molar-refractivity contribution in [2.24, 2.45) is 0 Å². The summed E-state index contributed by atoms with van der Waals surface area (Å²) in [6, 6.07) is 0. The van der Waals surface area contributed by atoms with Crippen LogP contribution < -0.4 is 16.0 Å². The fourth-order valence-corrected chi connectivity index (χ4v) is 0.593. The summed E-state index contributed by atoms with van der Waals surface area (Å²) >= 11 is 0. The molecule has 0 bridgehead atoms. The van der Waals surface area contributed by atoms with E-state index >= 15 is 0 Å². The lowest BCUT2D eigenvalue weighted by atomic mass is 10.6. The molecule has 0 aromatic carbocycles. The molecule has 3 nitrogen and oxygen atoms in total. The Bertz CT molecular complexity index is 26.5. The molecule has 1 heterocycles. The molecule has 0 atom stereocenters. The van der Waals surface area contributed by atoms with E-state index in [0.29, 0.717) is 0 Å². The van der Waals surface area contributed by atoms with Crippen molar-refractivity contribution in [3.05, 3.63) is 0 Å². The van der Waals surface area contributed by atoms with Gasteiger partial charge in [0.15, 0.2) is 0 Å². The highest BCUT2D eigenvalue weighted by Gasteiger charge is 1.90. The maximum Gasteiger partial charge on any atom is 0.0465 e. The van der Waals surface area contributed by atoms with E-state index in [2.05, 4.69) is 16.0 Å². The standard InChI is InChI=1S/C4H11N3/c1-2-6-4-7-3-5-1/h5-7H,1-4H2. The summed E-state index contributed by atoms with van der Waals surface area (Å²) in [6.07, 6.45) is 0. The van der Waals surface area contributed by atoms with Gasteiger partial charge in [-0.1, -0.05) is 0 Å². The molecular formula is C4H11N3. The minimum absolute atomic E-state index is 0.938. The van der Waals surface area contributed by atoms with Crippen LogP contribution in [0.5, 0.6) is 0 Å². The van der Waals surface area contributed by atoms with Gasteiger partial charge in [0, 0.05) is 26.4 Å². The molecule has 3 heteroatoms. The topological polar surface area (TPSA) is 36.1 Å². The van der Waals surface area contributed by atoms with Crippen molar-refractivity contribution >= 4 is 0 Å². The predicted octanol–water partition coefficient (Wildman–Crippen LogP) is -1.32. The maximum absolute atomic E-state index is 3.17. The summed E-state index contributed by atoms with van der Waals surface area (Å²) in [4.78, 5) is 0. The SMILES string of the molecule is C1CNCNCN1. The second-order valence-corrected chi connectivity index (χ2v) is 1.60. The lowest BCUT2D eigenvalue weighted by Gasteiger charge is -1.94. The molecule has 3 N–H and O–H groups in total. The average Bonchev–Trinajstić information content (AvgIpc) is 1.90. The van der Waals surface area contributed by atoms with Gasteiger partial charge in [-0.3, -0.25) is 5.32 Å². The van der Waals surface area contributed by atoms with Gasteiger partial charge in [-0.2, -0.15) is 0 Å². The Hall–Kier alpha value is -0.120. The zero-order valence-corrected chi connectivity index (χ0v) is 4.33. The Morgan fingerprint density at radius 1 is 0.714 bits per heavy atom. The van der Waals surface area contributed by atoms with Crippen molar-refractivity contribution in [3.63, 3.8) is 0 Å². The Kier molecular flexibility index (Phi) is 2.12. The second kappa shape index (κ2) is 2.96. The van der Waals surface area contributed by atoms with Crippen LogP contribution in [0.4, 0.5) is 0 Å². The summed E-state index contributed by atoms with van der Waals surface area (Å²) in [6.45, 7) is 4.03. The fraction of sp³-hybridized carbons (Fsp3) is 1.00. The molecular weight excluding hydrogens is 90.1 g/mol. The minimum Gasteiger partial charge on any atom is -0.303 e. The zero-order valence-electron chi connectivity index (χ0n) is 4.33. The molecule has 1 aliphatic rings. The summed E-state index contributed by atoms with van der Waals surface area (Å²) in [5.41, 5.74) is 0. The third kappa shape index (κ3) is 1.87. The molecule has 0 spiro atoms. The smallest absolute Gasteiger partial charge is 0.0465 e. The van der Waals surface area contributed by atoms with E-state index in [1.54, 1.807) is 0 Å². The molecule has 0 saturated carbocycles. The van der Waals surface area contributed by atoms with E-state index in [1.165, 1.54) is 0 Å². The molecule has 0 aromatic heterocycles. The first kappa shape index (κ1) is 5.03. The first-order valence-corrected chi connectivity index (χ1v) is 2.62. The Labute approximate surface area is 43.5 Å². The summed E-state index contributed by atoms with van der Waals surface area (Å²) in [5, 5.41) is 9.47. The van der Waals surface area contributed by atoms with E-state index in [0.717, 1.165) is 26.4 Å². The highest BCUT2D eigenvalue weighted by Crippen LogP contribution is 1.60. The maximum atomic E-state index is 3.17.